The molecule has 0 atom stereocenters. The van der Waals surface area contributed by atoms with Crippen LogP contribution >= 0.6 is 0 Å². The molecule has 0 aliphatic carbocycles. The van der Waals surface area contributed by atoms with Crippen molar-refractivity contribution in [3.8, 4) is 0 Å². The highest BCUT2D eigenvalue weighted by Crippen LogP contribution is 2.02. The second-order valence-corrected chi connectivity index (χ2v) is 4.08. The van der Waals surface area contributed by atoms with Gasteiger partial charge in [0.25, 0.3) is 0 Å². The lowest BCUT2D eigenvalue weighted by Gasteiger charge is -2.08. The molecule has 0 aromatic heterocycles. The van der Waals surface area contributed by atoms with Gasteiger partial charge in [0, 0.05) is 26.6 Å². The van der Waals surface area contributed by atoms with Gasteiger partial charge in [-0.3, -0.25) is 4.79 Å². The molecule has 3 N–H and O–H groups in total. The minimum Gasteiger partial charge on any atom is -0.355 e. The van der Waals surface area contributed by atoms with Crippen molar-refractivity contribution >= 4 is 11.9 Å². The number of hydrogen-bond acceptors (Lipinski definition) is 2. The molecule has 0 radical (unpaired) electrons. The average Bonchev–Trinajstić information content (AvgIpc) is 2.32. The first kappa shape index (κ1) is 14.0. The normalized spacial score (nSPS) is 9.67. The SMILES string of the molecule is CC(=O)NCCNC(=O)NCc1cccc(C)c1. The third-order valence-corrected chi connectivity index (χ3v) is 2.32. The van der Waals surface area contributed by atoms with Gasteiger partial charge in [-0.1, -0.05) is 29.8 Å². The maximum atomic E-state index is 11.4. The number of urea groups is 1. The highest BCUT2D eigenvalue weighted by atomic mass is 16.2. The monoisotopic (exact) mass is 249 g/mol. The van der Waals surface area contributed by atoms with Gasteiger partial charge in [0.1, 0.15) is 0 Å². The summed E-state index contributed by atoms with van der Waals surface area (Å²) in [5.41, 5.74) is 2.23. The van der Waals surface area contributed by atoms with E-state index >= 15 is 0 Å². The maximum absolute atomic E-state index is 11.4. The summed E-state index contributed by atoms with van der Waals surface area (Å²) in [6.45, 7) is 4.80. The summed E-state index contributed by atoms with van der Waals surface area (Å²) in [7, 11) is 0. The molecule has 0 heterocycles. The highest BCUT2D eigenvalue weighted by molar-refractivity contribution is 5.74. The molecule has 1 rings (SSSR count). The fourth-order valence-corrected chi connectivity index (χ4v) is 1.48. The van der Waals surface area contributed by atoms with Crippen molar-refractivity contribution in [3.63, 3.8) is 0 Å². The number of amides is 3. The van der Waals surface area contributed by atoms with Crippen LogP contribution in [-0.4, -0.2) is 25.0 Å². The molecule has 1 aromatic rings. The Bertz CT molecular complexity index is 418. The van der Waals surface area contributed by atoms with E-state index in [0.717, 1.165) is 5.56 Å². The molecule has 0 aliphatic heterocycles. The second-order valence-electron chi connectivity index (χ2n) is 4.08. The summed E-state index contributed by atoms with van der Waals surface area (Å²) in [6, 6.07) is 7.72. The largest absolute Gasteiger partial charge is 0.355 e. The minimum absolute atomic E-state index is 0.100. The summed E-state index contributed by atoms with van der Waals surface area (Å²) in [5.74, 6) is -0.100. The van der Waals surface area contributed by atoms with Crippen molar-refractivity contribution in [2.75, 3.05) is 13.1 Å². The summed E-state index contributed by atoms with van der Waals surface area (Å²) in [4.78, 5) is 22.0. The number of benzene rings is 1. The number of nitrogens with one attached hydrogen (secondary N) is 3. The lowest BCUT2D eigenvalue weighted by molar-refractivity contribution is -0.118. The quantitative estimate of drug-likeness (QED) is 0.679. The summed E-state index contributed by atoms with van der Waals surface area (Å²) in [6.07, 6.45) is 0. The molecule has 0 spiro atoms. The molecule has 1 aromatic carbocycles. The van der Waals surface area contributed by atoms with Crippen molar-refractivity contribution < 1.29 is 9.59 Å². The number of rotatable bonds is 5. The van der Waals surface area contributed by atoms with Gasteiger partial charge < -0.3 is 16.0 Å². The van der Waals surface area contributed by atoms with Crippen molar-refractivity contribution in [1.82, 2.24) is 16.0 Å². The van der Waals surface area contributed by atoms with E-state index in [1.165, 1.54) is 12.5 Å². The van der Waals surface area contributed by atoms with Crippen LogP contribution in [0.2, 0.25) is 0 Å². The Morgan fingerprint density at radius 2 is 1.83 bits per heavy atom. The molecule has 0 aliphatic rings. The maximum Gasteiger partial charge on any atom is 0.315 e. The Balaban J connectivity index is 2.19. The Kier molecular flexibility index (Phi) is 5.70. The van der Waals surface area contributed by atoms with Gasteiger partial charge in [-0.2, -0.15) is 0 Å². The van der Waals surface area contributed by atoms with Gasteiger partial charge in [-0.25, -0.2) is 4.79 Å². The molecule has 0 saturated heterocycles. The lowest BCUT2D eigenvalue weighted by Crippen LogP contribution is -2.39. The molecule has 3 amide bonds. The van der Waals surface area contributed by atoms with Crippen molar-refractivity contribution in [2.24, 2.45) is 0 Å². The van der Waals surface area contributed by atoms with E-state index in [2.05, 4.69) is 16.0 Å². The van der Waals surface area contributed by atoms with Crippen molar-refractivity contribution in [1.29, 1.82) is 0 Å². The van der Waals surface area contributed by atoms with Gasteiger partial charge in [0.15, 0.2) is 0 Å². The van der Waals surface area contributed by atoms with E-state index in [0.29, 0.717) is 19.6 Å². The number of aryl methyl sites for hydroxylation is 1. The Morgan fingerprint density at radius 3 is 2.50 bits per heavy atom. The topological polar surface area (TPSA) is 70.2 Å². The summed E-state index contributed by atoms with van der Waals surface area (Å²) < 4.78 is 0. The predicted octanol–water partition coefficient (Wildman–Crippen LogP) is 0.930. The molecule has 18 heavy (non-hydrogen) atoms. The minimum atomic E-state index is -0.234. The smallest absolute Gasteiger partial charge is 0.315 e. The van der Waals surface area contributed by atoms with Crippen LogP contribution in [0, 0.1) is 6.92 Å². The number of carbonyl (C=O) groups excluding carboxylic acids is 2. The zero-order valence-corrected chi connectivity index (χ0v) is 10.7. The molecule has 0 bridgehead atoms. The van der Waals surface area contributed by atoms with E-state index < -0.39 is 0 Å². The van der Waals surface area contributed by atoms with Crippen LogP contribution in [0.4, 0.5) is 4.79 Å². The summed E-state index contributed by atoms with van der Waals surface area (Å²) in [5, 5.41) is 8.01. The third kappa shape index (κ3) is 5.89. The van der Waals surface area contributed by atoms with Crippen LogP contribution in [0.25, 0.3) is 0 Å². The summed E-state index contributed by atoms with van der Waals surface area (Å²) >= 11 is 0. The molecular formula is C13H19N3O2. The standard InChI is InChI=1S/C13H19N3O2/c1-10-4-3-5-12(8-10)9-16-13(18)15-7-6-14-11(2)17/h3-5,8H,6-7,9H2,1-2H3,(H,14,17)(H2,15,16,18). The number of carbonyl (C=O) groups is 2. The Morgan fingerprint density at radius 1 is 1.11 bits per heavy atom. The zero-order chi connectivity index (χ0) is 13.4. The fraction of sp³-hybridized carbons (Fsp3) is 0.385. The first-order chi connectivity index (χ1) is 8.58. The first-order valence-corrected chi connectivity index (χ1v) is 5.89. The van der Waals surface area contributed by atoms with E-state index in [9.17, 15) is 9.59 Å². The second kappa shape index (κ2) is 7.32. The van der Waals surface area contributed by atoms with Crippen molar-refractivity contribution in [3.05, 3.63) is 35.4 Å². The van der Waals surface area contributed by atoms with Crippen LogP contribution in [0.15, 0.2) is 24.3 Å². The molecule has 5 heteroatoms. The fourth-order valence-electron chi connectivity index (χ4n) is 1.48. The van der Waals surface area contributed by atoms with Gasteiger partial charge in [0.2, 0.25) is 5.91 Å². The average molecular weight is 249 g/mol. The predicted molar refractivity (Wildman–Crippen MR) is 70.1 cm³/mol. The van der Waals surface area contributed by atoms with E-state index in [-0.39, 0.29) is 11.9 Å². The van der Waals surface area contributed by atoms with Crippen LogP contribution in [0.1, 0.15) is 18.1 Å². The number of hydrogen-bond donors (Lipinski definition) is 3. The molecule has 5 nitrogen and oxygen atoms in total. The van der Waals surface area contributed by atoms with Gasteiger partial charge >= 0.3 is 6.03 Å². The van der Waals surface area contributed by atoms with E-state index in [4.69, 9.17) is 0 Å². The van der Waals surface area contributed by atoms with Crippen LogP contribution in [0.3, 0.4) is 0 Å². The zero-order valence-electron chi connectivity index (χ0n) is 10.7. The lowest BCUT2D eigenvalue weighted by atomic mass is 10.1. The molecule has 0 fully saturated rings. The third-order valence-electron chi connectivity index (χ3n) is 2.32. The van der Waals surface area contributed by atoms with Gasteiger partial charge in [-0.05, 0) is 12.5 Å². The first-order valence-electron chi connectivity index (χ1n) is 5.89. The van der Waals surface area contributed by atoms with E-state index in [1.807, 2.05) is 31.2 Å². The van der Waals surface area contributed by atoms with Crippen LogP contribution in [0.5, 0.6) is 0 Å². The highest BCUT2D eigenvalue weighted by Gasteiger charge is 2.00. The molecule has 0 saturated carbocycles. The Labute approximate surface area is 107 Å². The van der Waals surface area contributed by atoms with Crippen LogP contribution in [-0.2, 0) is 11.3 Å². The molecule has 98 valence electrons. The van der Waals surface area contributed by atoms with Crippen LogP contribution < -0.4 is 16.0 Å². The Hall–Kier alpha value is -2.04. The van der Waals surface area contributed by atoms with Gasteiger partial charge in [0.05, 0.1) is 0 Å². The van der Waals surface area contributed by atoms with E-state index in [1.54, 1.807) is 0 Å². The van der Waals surface area contributed by atoms with Gasteiger partial charge in [-0.15, -0.1) is 0 Å². The molecule has 0 unspecified atom stereocenters. The molecular weight excluding hydrogens is 230 g/mol. The van der Waals surface area contributed by atoms with Crippen molar-refractivity contribution in [2.45, 2.75) is 20.4 Å².